The first-order valence-electron chi connectivity index (χ1n) is 9.55. The average molecular weight is 341 g/mol. The lowest BCUT2D eigenvalue weighted by molar-refractivity contribution is -0.143. The van der Waals surface area contributed by atoms with Gasteiger partial charge in [0, 0.05) is 32.2 Å². The Morgan fingerprint density at radius 2 is 2.00 bits per heavy atom. The molecule has 3 heterocycles. The van der Waals surface area contributed by atoms with Crippen molar-refractivity contribution in [3.8, 4) is 0 Å². The number of aromatic nitrogens is 2. The Kier molecular flexibility index (Phi) is 4.50. The van der Waals surface area contributed by atoms with E-state index < -0.39 is 0 Å². The highest BCUT2D eigenvalue weighted by Crippen LogP contribution is 2.30. The lowest BCUT2D eigenvalue weighted by atomic mass is 10.00. The van der Waals surface area contributed by atoms with E-state index in [1.807, 2.05) is 11.0 Å². The Bertz CT molecular complexity index is 761. The normalized spacial score (nSPS) is 25.0. The number of imidazole rings is 1. The molecule has 5 nitrogen and oxygen atoms in total. The minimum absolute atomic E-state index is 0.189. The third-order valence-electron chi connectivity index (χ3n) is 5.76. The summed E-state index contributed by atoms with van der Waals surface area (Å²) >= 11 is 0. The van der Waals surface area contributed by atoms with Crippen molar-refractivity contribution in [1.82, 2.24) is 14.5 Å². The van der Waals surface area contributed by atoms with Crippen LogP contribution >= 0.6 is 0 Å². The topological polar surface area (TPSA) is 47.4 Å². The second-order valence-corrected chi connectivity index (χ2v) is 7.35. The first-order chi connectivity index (χ1) is 12.2. The van der Waals surface area contributed by atoms with Gasteiger partial charge < -0.3 is 14.2 Å². The van der Waals surface area contributed by atoms with E-state index in [2.05, 4.69) is 36.6 Å². The fourth-order valence-corrected chi connectivity index (χ4v) is 4.29. The molecule has 0 unspecified atom stereocenters. The fraction of sp³-hybridized carbons (Fsp3) is 0.600. The van der Waals surface area contributed by atoms with Crippen molar-refractivity contribution >= 4 is 16.9 Å². The van der Waals surface area contributed by atoms with Crippen LogP contribution in [0, 0.1) is 5.92 Å². The smallest absolute Gasteiger partial charge is 0.251 e. The van der Waals surface area contributed by atoms with Gasteiger partial charge in [-0.2, -0.15) is 0 Å². The van der Waals surface area contributed by atoms with Crippen molar-refractivity contribution in [2.24, 2.45) is 5.92 Å². The Hall–Kier alpha value is -1.88. The summed E-state index contributed by atoms with van der Waals surface area (Å²) in [5.74, 6) is 1.68. The molecule has 25 heavy (non-hydrogen) atoms. The summed E-state index contributed by atoms with van der Waals surface area (Å²) < 4.78 is 8.08. The van der Waals surface area contributed by atoms with Crippen molar-refractivity contribution in [1.29, 1.82) is 0 Å². The molecule has 0 spiro atoms. The highest BCUT2D eigenvalue weighted by molar-refractivity contribution is 5.81. The van der Waals surface area contributed by atoms with Crippen LogP contribution in [0.2, 0.25) is 0 Å². The van der Waals surface area contributed by atoms with Gasteiger partial charge >= 0.3 is 0 Å². The van der Waals surface area contributed by atoms with E-state index in [0.29, 0.717) is 12.0 Å². The number of fused-ring (bicyclic) bond motifs is 1. The van der Waals surface area contributed by atoms with E-state index >= 15 is 0 Å². The predicted molar refractivity (Wildman–Crippen MR) is 97.5 cm³/mol. The minimum Gasteiger partial charge on any atom is -0.368 e. The minimum atomic E-state index is -0.225. The van der Waals surface area contributed by atoms with Gasteiger partial charge in [-0.25, -0.2) is 4.98 Å². The molecule has 0 saturated carbocycles. The summed E-state index contributed by atoms with van der Waals surface area (Å²) in [5, 5.41) is 0. The lowest BCUT2D eigenvalue weighted by Crippen LogP contribution is -2.45. The molecule has 5 heteroatoms. The molecule has 0 radical (unpaired) electrons. The standard InChI is InChI=1S/C20H27N3O2/c1-3-18-21-16-6-4-5-7-17(16)23(18)15-8-11-22(12-9-15)20(24)19-14(2)10-13-25-19/h4-7,14-15,19H,3,8-13H2,1-2H3/t14-,19-/m1/s1. The average Bonchev–Trinajstić information content (AvgIpc) is 3.24. The van der Waals surface area contributed by atoms with Crippen molar-refractivity contribution in [2.75, 3.05) is 19.7 Å². The van der Waals surface area contributed by atoms with E-state index in [-0.39, 0.29) is 12.0 Å². The second kappa shape index (κ2) is 6.79. The number of hydrogen-bond donors (Lipinski definition) is 0. The van der Waals surface area contributed by atoms with E-state index in [1.54, 1.807) is 0 Å². The van der Waals surface area contributed by atoms with Gasteiger partial charge in [-0.05, 0) is 37.3 Å². The number of hydrogen-bond acceptors (Lipinski definition) is 3. The second-order valence-electron chi connectivity index (χ2n) is 7.35. The zero-order valence-electron chi connectivity index (χ0n) is 15.1. The number of carbonyl (C=O) groups is 1. The van der Waals surface area contributed by atoms with Crippen LogP contribution in [0.15, 0.2) is 24.3 Å². The van der Waals surface area contributed by atoms with Crippen LogP contribution in [0.1, 0.15) is 45.0 Å². The van der Waals surface area contributed by atoms with Gasteiger partial charge in [-0.3, -0.25) is 4.79 Å². The number of benzene rings is 1. The lowest BCUT2D eigenvalue weighted by Gasteiger charge is -2.35. The Morgan fingerprint density at radius 1 is 1.24 bits per heavy atom. The molecule has 2 saturated heterocycles. The summed E-state index contributed by atoms with van der Waals surface area (Å²) in [6.07, 6.45) is 3.67. The van der Waals surface area contributed by atoms with E-state index in [0.717, 1.165) is 56.7 Å². The first kappa shape index (κ1) is 16.6. The molecule has 0 bridgehead atoms. The maximum absolute atomic E-state index is 12.7. The summed E-state index contributed by atoms with van der Waals surface area (Å²) in [4.78, 5) is 19.5. The maximum atomic E-state index is 12.7. The third kappa shape index (κ3) is 2.95. The zero-order chi connectivity index (χ0) is 17.4. The Labute approximate surface area is 149 Å². The van der Waals surface area contributed by atoms with Gasteiger partial charge in [0.05, 0.1) is 11.0 Å². The number of carbonyl (C=O) groups excluding carboxylic acids is 1. The zero-order valence-corrected chi connectivity index (χ0v) is 15.1. The van der Waals surface area contributed by atoms with Crippen molar-refractivity contribution in [3.63, 3.8) is 0 Å². The van der Waals surface area contributed by atoms with Crippen LogP contribution in [0.4, 0.5) is 0 Å². The molecular weight excluding hydrogens is 314 g/mol. The molecular formula is C20H27N3O2. The molecule has 1 aromatic heterocycles. The first-order valence-corrected chi connectivity index (χ1v) is 9.55. The molecule has 4 rings (SSSR count). The van der Waals surface area contributed by atoms with Crippen molar-refractivity contribution < 1.29 is 9.53 Å². The Morgan fingerprint density at radius 3 is 2.68 bits per heavy atom. The summed E-state index contributed by atoms with van der Waals surface area (Å²) in [6.45, 7) is 6.62. The molecule has 2 fully saturated rings. The molecule has 1 amide bonds. The number of rotatable bonds is 3. The van der Waals surface area contributed by atoms with Crippen molar-refractivity contribution in [3.05, 3.63) is 30.1 Å². The van der Waals surface area contributed by atoms with Gasteiger partial charge in [0.2, 0.25) is 0 Å². The predicted octanol–water partition coefficient (Wildman–Crippen LogP) is 3.19. The summed E-state index contributed by atoms with van der Waals surface area (Å²) in [6, 6.07) is 8.80. The number of piperidine rings is 1. The number of ether oxygens (including phenoxy) is 1. The number of para-hydroxylation sites is 2. The molecule has 2 atom stereocenters. The molecule has 0 N–H and O–H groups in total. The SMILES string of the molecule is CCc1nc2ccccc2n1C1CCN(C(=O)[C@@H]2OCC[C@H]2C)CC1. The molecule has 2 aromatic rings. The maximum Gasteiger partial charge on any atom is 0.251 e. The van der Waals surface area contributed by atoms with Crippen LogP contribution in [0.25, 0.3) is 11.0 Å². The highest BCUT2D eigenvalue weighted by atomic mass is 16.5. The van der Waals surface area contributed by atoms with Gasteiger partial charge in [0.1, 0.15) is 11.9 Å². The molecule has 0 aliphatic carbocycles. The highest BCUT2D eigenvalue weighted by Gasteiger charge is 2.36. The number of nitrogens with zero attached hydrogens (tertiary/aromatic N) is 3. The fourth-order valence-electron chi connectivity index (χ4n) is 4.29. The van der Waals surface area contributed by atoms with E-state index in [4.69, 9.17) is 9.72 Å². The van der Waals surface area contributed by atoms with Crippen LogP contribution < -0.4 is 0 Å². The number of amides is 1. The molecule has 2 aliphatic rings. The van der Waals surface area contributed by atoms with Gasteiger partial charge in [-0.1, -0.05) is 26.0 Å². The van der Waals surface area contributed by atoms with Crippen LogP contribution in [-0.4, -0.2) is 46.2 Å². The van der Waals surface area contributed by atoms with Gasteiger partial charge in [0.15, 0.2) is 0 Å². The quantitative estimate of drug-likeness (QED) is 0.861. The number of likely N-dealkylation sites (tertiary alicyclic amines) is 1. The molecule has 2 aliphatic heterocycles. The van der Waals surface area contributed by atoms with Gasteiger partial charge in [-0.15, -0.1) is 0 Å². The largest absolute Gasteiger partial charge is 0.368 e. The summed E-state index contributed by atoms with van der Waals surface area (Å²) in [7, 11) is 0. The Balaban J connectivity index is 1.50. The van der Waals surface area contributed by atoms with E-state index in [1.165, 1.54) is 5.52 Å². The molecule has 1 aromatic carbocycles. The van der Waals surface area contributed by atoms with Crippen LogP contribution in [0.5, 0.6) is 0 Å². The van der Waals surface area contributed by atoms with Gasteiger partial charge in [0.25, 0.3) is 5.91 Å². The number of aryl methyl sites for hydroxylation is 1. The third-order valence-corrected chi connectivity index (χ3v) is 5.76. The summed E-state index contributed by atoms with van der Waals surface area (Å²) in [5.41, 5.74) is 2.29. The van der Waals surface area contributed by atoms with E-state index in [9.17, 15) is 4.79 Å². The van der Waals surface area contributed by atoms with Crippen LogP contribution in [-0.2, 0) is 16.0 Å². The van der Waals surface area contributed by atoms with Crippen LogP contribution in [0.3, 0.4) is 0 Å². The molecule has 134 valence electrons. The van der Waals surface area contributed by atoms with Crippen molar-refractivity contribution in [2.45, 2.75) is 51.7 Å². The monoisotopic (exact) mass is 341 g/mol.